The zero-order valence-electron chi connectivity index (χ0n) is 10.1. The van der Waals surface area contributed by atoms with E-state index < -0.39 is 6.10 Å². The Bertz CT molecular complexity index is 783. The van der Waals surface area contributed by atoms with Gasteiger partial charge in [0.2, 0.25) is 0 Å². The molecule has 1 heterocycles. The molecule has 102 valence electrons. The molecule has 1 unspecified atom stereocenters. The van der Waals surface area contributed by atoms with Crippen LogP contribution in [-0.2, 0) is 0 Å². The van der Waals surface area contributed by atoms with Gasteiger partial charge in [-0.15, -0.1) is 0 Å². The van der Waals surface area contributed by atoms with Gasteiger partial charge in [-0.25, -0.2) is 0 Å². The topological polar surface area (TPSA) is 33.4 Å². The summed E-state index contributed by atoms with van der Waals surface area (Å²) in [6.07, 6.45) is -0.856. The zero-order chi connectivity index (χ0) is 14.3. The van der Waals surface area contributed by atoms with Crippen molar-refractivity contribution < 1.29 is 9.52 Å². The fourth-order valence-corrected chi connectivity index (χ4v) is 3.12. The lowest BCUT2D eigenvalue weighted by atomic mass is 10.1. The molecule has 0 aliphatic rings. The van der Waals surface area contributed by atoms with Gasteiger partial charge in [-0.3, -0.25) is 0 Å². The number of rotatable bonds is 2. The van der Waals surface area contributed by atoms with Gasteiger partial charge >= 0.3 is 0 Å². The Balaban J connectivity index is 2.10. The summed E-state index contributed by atoms with van der Waals surface area (Å²) in [5.41, 5.74) is 1.32. The van der Waals surface area contributed by atoms with Crippen molar-refractivity contribution in [3.05, 3.63) is 67.8 Å². The fraction of sp³-hybridized carbons (Fsp3) is 0.0667. The summed E-state index contributed by atoms with van der Waals surface area (Å²) in [5, 5.41) is 11.9. The molecule has 0 bridgehead atoms. The highest BCUT2D eigenvalue weighted by molar-refractivity contribution is 9.11. The first-order valence-electron chi connectivity index (χ1n) is 5.87. The average molecular weight is 416 g/mol. The molecule has 2 aromatic carbocycles. The van der Waals surface area contributed by atoms with Crippen LogP contribution in [0.4, 0.5) is 0 Å². The molecule has 0 fully saturated rings. The summed E-state index contributed by atoms with van der Waals surface area (Å²) in [6.45, 7) is 0. The molecule has 0 saturated heterocycles. The molecule has 2 nitrogen and oxygen atoms in total. The van der Waals surface area contributed by atoms with Gasteiger partial charge in [-0.05, 0) is 30.3 Å². The molecule has 0 radical (unpaired) electrons. The molecule has 1 atom stereocenters. The quantitative estimate of drug-likeness (QED) is 0.582. The molecule has 1 N–H and O–H groups in total. The van der Waals surface area contributed by atoms with E-state index in [0.717, 1.165) is 19.9 Å². The molecule has 0 spiro atoms. The third-order valence-electron chi connectivity index (χ3n) is 3.04. The minimum atomic E-state index is -0.856. The highest BCUT2D eigenvalue weighted by Crippen LogP contribution is 2.35. The first-order valence-corrected chi connectivity index (χ1v) is 7.83. The van der Waals surface area contributed by atoms with Gasteiger partial charge in [-0.1, -0.05) is 55.6 Å². The third-order valence-corrected chi connectivity index (χ3v) is 4.55. The summed E-state index contributed by atoms with van der Waals surface area (Å²) >= 11 is 12.9. The van der Waals surface area contributed by atoms with Crippen molar-refractivity contribution in [2.24, 2.45) is 0 Å². The van der Waals surface area contributed by atoms with Crippen LogP contribution in [-0.4, -0.2) is 5.11 Å². The molecular weight excluding hydrogens is 407 g/mol. The molecule has 0 saturated carbocycles. The highest BCUT2D eigenvalue weighted by Gasteiger charge is 2.19. The Morgan fingerprint density at radius 1 is 1.10 bits per heavy atom. The number of aliphatic hydroxyl groups is 1. The summed E-state index contributed by atoms with van der Waals surface area (Å²) < 4.78 is 7.40. The van der Waals surface area contributed by atoms with Gasteiger partial charge in [0.15, 0.2) is 5.58 Å². The van der Waals surface area contributed by atoms with Gasteiger partial charge in [0.05, 0.1) is 5.02 Å². The number of hydrogen-bond donors (Lipinski definition) is 1. The molecule has 0 aliphatic carbocycles. The summed E-state index contributed by atoms with van der Waals surface area (Å²) in [5.74, 6) is 0.465. The van der Waals surface area contributed by atoms with E-state index in [1.54, 1.807) is 12.1 Å². The van der Waals surface area contributed by atoms with Crippen LogP contribution in [0.15, 0.2) is 55.8 Å². The molecule has 1 aromatic heterocycles. The van der Waals surface area contributed by atoms with Crippen LogP contribution in [0.2, 0.25) is 5.02 Å². The lowest BCUT2D eigenvalue weighted by Crippen LogP contribution is -1.99. The van der Waals surface area contributed by atoms with Gasteiger partial charge in [-0.2, -0.15) is 0 Å². The number of hydrogen-bond acceptors (Lipinski definition) is 2. The van der Waals surface area contributed by atoms with Gasteiger partial charge in [0, 0.05) is 19.9 Å². The standard InChI is InChI=1S/C15H9Br2ClO2/c16-9-4-5-11(17)10(7-9)14(19)13-6-8-2-1-3-12(18)15(8)20-13/h1-7,14,19H. The maximum absolute atomic E-state index is 10.5. The fourth-order valence-electron chi connectivity index (χ4n) is 2.06. The van der Waals surface area contributed by atoms with Crippen LogP contribution < -0.4 is 0 Å². The molecule has 0 amide bonds. The van der Waals surface area contributed by atoms with Gasteiger partial charge in [0.1, 0.15) is 11.9 Å². The molecular formula is C15H9Br2ClO2. The van der Waals surface area contributed by atoms with Crippen LogP contribution >= 0.6 is 43.5 Å². The molecule has 3 aromatic rings. The second kappa shape index (κ2) is 5.53. The van der Waals surface area contributed by atoms with E-state index in [1.165, 1.54) is 0 Å². The van der Waals surface area contributed by atoms with E-state index in [9.17, 15) is 5.11 Å². The van der Waals surface area contributed by atoms with Crippen molar-refractivity contribution in [1.29, 1.82) is 0 Å². The predicted molar refractivity (Wildman–Crippen MR) is 87.1 cm³/mol. The van der Waals surface area contributed by atoms with Crippen LogP contribution in [0.3, 0.4) is 0 Å². The summed E-state index contributed by atoms with van der Waals surface area (Å²) in [4.78, 5) is 0. The van der Waals surface area contributed by atoms with Gasteiger partial charge < -0.3 is 9.52 Å². The normalized spacial score (nSPS) is 12.8. The highest BCUT2D eigenvalue weighted by atomic mass is 79.9. The maximum Gasteiger partial charge on any atom is 0.153 e. The van der Waals surface area contributed by atoms with Crippen molar-refractivity contribution in [2.45, 2.75) is 6.10 Å². The largest absolute Gasteiger partial charge is 0.456 e. The lowest BCUT2D eigenvalue weighted by molar-refractivity contribution is 0.191. The second-order valence-corrected chi connectivity index (χ2v) is 6.55. The van der Waals surface area contributed by atoms with E-state index in [0.29, 0.717) is 16.4 Å². The van der Waals surface area contributed by atoms with E-state index in [4.69, 9.17) is 16.0 Å². The predicted octanol–water partition coefficient (Wildman–Crippen LogP) is 5.69. The Labute approximate surface area is 137 Å². The molecule has 20 heavy (non-hydrogen) atoms. The van der Waals surface area contributed by atoms with E-state index in [2.05, 4.69) is 31.9 Å². The van der Waals surface area contributed by atoms with Gasteiger partial charge in [0.25, 0.3) is 0 Å². The first-order chi connectivity index (χ1) is 9.56. The Morgan fingerprint density at radius 2 is 1.90 bits per heavy atom. The van der Waals surface area contributed by atoms with Crippen LogP contribution in [0.5, 0.6) is 0 Å². The van der Waals surface area contributed by atoms with E-state index in [1.807, 2.05) is 30.3 Å². The van der Waals surface area contributed by atoms with Crippen molar-refractivity contribution in [3.63, 3.8) is 0 Å². The number of para-hydroxylation sites is 1. The van der Waals surface area contributed by atoms with Crippen molar-refractivity contribution in [2.75, 3.05) is 0 Å². The molecule has 5 heteroatoms. The Kier molecular flexibility index (Phi) is 3.91. The van der Waals surface area contributed by atoms with Crippen LogP contribution in [0.1, 0.15) is 17.4 Å². The average Bonchev–Trinajstić information content (AvgIpc) is 2.86. The van der Waals surface area contributed by atoms with E-state index in [-0.39, 0.29) is 0 Å². The van der Waals surface area contributed by atoms with Crippen LogP contribution in [0.25, 0.3) is 11.0 Å². The number of benzene rings is 2. The van der Waals surface area contributed by atoms with E-state index >= 15 is 0 Å². The number of aliphatic hydroxyl groups excluding tert-OH is 1. The monoisotopic (exact) mass is 414 g/mol. The number of halogens is 3. The molecule has 0 aliphatic heterocycles. The Morgan fingerprint density at radius 3 is 2.65 bits per heavy atom. The minimum Gasteiger partial charge on any atom is -0.456 e. The van der Waals surface area contributed by atoms with Crippen molar-refractivity contribution in [1.82, 2.24) is 0 Å². The van der Waals surface area contributed by atoms with Crippen LogP contribution in [0, 0.1) is 0 Å². The van der Waals surface area contributed by atoms with Crippen molar-refractivity contribution >= 4 is 54.4 Å². The minimum absolute atomic E-state index is 0.465. The maximum atomic E-state index is 10.5. The summed E-state index contributed by atoms with van der Waals surface area (Å²) in [7, 11) is 0. The lowest BCUT2D eigenvalue weighted by Gasteiger charge is -2.10. The number of furan rings is 1. The number of fused-ring (bicyclic) bond motifs is 1. The Hall–Kier alpha value is -0.810. The first kappa shape index (κ1) is 14.1. The van der Waals surface area contributed by atoms with Crippen molar-refractivity contribution in [3.8, 4) is 0 Å². The zero-order valence-corrected chi connectivity index (χ0v) is 14.0. The second-order valence-electron chi connectivity index (χ2n) is 4.38. The third kappa shape index (κ3) is 2.53. The molecule has 3 rings (SSSR count). The SMILES string of the molecule is OC(c1cc2cccc(Cl)c2o1)c1cc(Br)ccc1Br. The smallest absolute Gasteiger partial charge is 0.153 e. The summed E-state index contributed by atoms with van der Waals surface area (Å²) in [6, 6.07) is 12.9.